The van der Waals surface area contributed by atoms with Crippen molar-refractivity contribution in [3.05, 3.63) is 40.5 Å². The van der Waals surface area contributed by atoms with Crippen molar-refractivity contribution in [3.8, 4) is 0 Å². The molecule has 1 amide bonds. The van der Waals surface area contributed by atoms with Crippen molar-refractivity contribution < 1.29 is 9.59 Å². The zero-order chi connectivity index (χ0) is 14.7. The van der Waals surface area contributed by atoms with E-state index < -0.39 is 5.91 Å². The molecule has 0 radical (unpaired) electrons. The first-order valence-corrected chi connectivity index (χ1v) is 6.68. The highest BCUT2D eigenvalue weighted by Gasteiger charge is 2.22. The average Bonchev–Trinajstić information content (AvgIpc) is 2.75. The van der Waals surface area contributed by atoms with E-state index in [0.29, 0.717) is 16.4 Å². The maximum Gasteiger partial charge on any atom is 0.253 e. The van der Waals surface area contributed by atoms with Crippen molar-refractivity contribution in [2.75, 3.05) is 11.1 Å². The summed E-state index contributed by atoms with van der Waals surface area (Å²) in [5.41, 5.74) is 12.5. The van der Waals surface area contributed by atoms with E-state index in [0.717, 1.165) is 16.9 Å². The molecule has 6 nitrogen and oxygen atoms in total. The Morgan fingerprint density at radius 1 is 1.35 bits per heavy atom. The molecule has 0 spiro atoms. The molecule has 0 fully saturated rings. The number of anilines is 2. The van der Waals surface area contributed by atoms with Gasteiger partial charge in [0.05, 0.1) is 16.1 Å². The second-order valence-electron chi connectivity index (χ2n) is 4.18. The summed E-state index contributed by atoms with van der Waals surface area (Å²) in [6.07, 6.45) is 3.35. The maximum absolute atomic E-state index is 11.5. The Labute approximate surface area is 119 Å². The van der Waals surface area contributed by atoms with E-state index in [2.05, 4.69) is 10.3 Å². The van der Waals surface area contributed by atoms with E-state index in [1.165, 1.54) is 6.92 Å². The summed E-state index contributed by atoms with van der Waals surface area (Å²) in [6, 6.07) is 3.69. The zero-order valence-corrected chi connectivity index (χ0v) is 11.7. The van der Waals surface area contributed by atoms with Crippen LogP contribution in [-0.4, -0.2) is 16.7 Å². The van der Waals surface area contributed by atoms with E-state index >= 15 is 0 Å². The number of nitrogen functional groups attached to an aromatic ring is 1. The Balaban J connectivity index is 2.29. The Bertz CT molecular complexity index is 652. The highest BCUT2D eigenvalue weighted by molar-refractivity contribution is 7.19. The standard InChI is InChI=1S/C13H14N4O2S/c1-7(18)11-10(14)9(12(15)19)13(20-11)17-6-8-2-4-16-5-3-8/h2-5,17H,6,14H2,1H3,(H2,15,19). The van der Waals surface area contributed by atoms with Gasteiger partial charge >= 0.3 is 0 Å². The largest absolute Gasteiger partial charge is 0.397 e. The summed E-state index contributed by atoms with van der Waals surface area (Å²) in [6.45, 7) is 1.89. The molecule has 104 valence electrons. The highest BCUT2D eigenvalue weighted by atomic mass is 32.1. The van der Waals surface area contributed by atoms with E-state index in [9.17, 15) is 9.59 Å². The van der Waals surface area contributed by atoms with Crippen LogP contribution in [0.2, 0.25) is 0 Å². The van der Waals surface area contributed by atoms with Crippen molar-refractivity contribution in [1.82, 2.24) is 4.98 Å². The molecule has 20 heavy (non-hydrogen) atoms. The minimum atomic E-state index is -0.650. The van der Waals surface area contributed by atoms with Gasteiger partial charge in [0.15, 0.2) is 5.78 Å². The van der Waals surface area contributed by atoms with Crippen molar-refractivity contribution in [1.29, 1.82) is 0 Å². The first kappa shape index (κ1) is 14.0. The van der Waals surface area contributed by atoms with Crippen molar-refractivity contribution in [2.24, 2.45) is 5.73 Å². The lowest BCUT2D eigenvalue weighted by atomic mass is 10.2. The molecule has 0 aliphatic rings. The molecule has 5 N–H and O–H groups in total. The van der Waals surface area contributed by atoms with Gasteiger partial charge in [-0.2, -0.15) is 0 Å². The highest BCUT2D eigenvalue weighted by Crippen LogP contribution is 2.35. The molecule has 2 aromatic rings. The number of thiophene rings is 1. The molecule has 2 aromatic heterocycles. The summed E-state index contributed by atoms with van der Waals surface area (Å²) >= 11 is 1.14. The summed E-state index contributed by atoms with van der Waals surface area (Å²) in [5, 5.41) is 3.60. The van der Waals surface area contributed by atoms with Crippen LogP contribution in [0.15, 0.2) is 24.5 Å². The third kappa shape index (κ3) is 2.77. The first-order valence-electron chi connectivity index (χ1n) is 5.86. The van der Waals surface area contributed by atoms with Crippen LogP contribution in [0.4, 0.5) is 10.7 Å². The number of nitrogens with two attached hydrogens (primary N) is 2. The second-order valence-corrected chi connectivity index (χ2v) is 5.20. The molecule has 0 aliphatic carbocycles. The summed E-state index contributed by atoms with van der Waals surface area (Å²) in [5.74, 6) is -0.838. The number of carbonyl (C=O) groups excluding carboxylic acids is 2. The predicted molar refractivity (Wildman–Crippen MR) is 78.8 cm³/mol. The van der Waals surface area contributed by atoms with Crippen LogP contribution in [0, 0.1) is 0 Å². The van der Waals surface area contributed by atoms with Gasteiger partial charge in [-0.3, -0.25) is 14.6 Å². The Hall–Kier alpha value is -2.41. The van der Waals surface area contributed by atoms with Crippen LogP contribution in [0.5, 0.6) is 0 Å². The van der Waals surface area contributed by atoms with Gasteiger partial charge in [-0.1, -0.05) is 0 Å². The number of hydrogen-bond acceptors (Lipinski definition) is 6. The Morgan fingerprint density at radius 2 is 2.00 bits per heavy atom. The van der Waals surface area contributed by atoms with E-state index in [-0.39, 0.29) is 17.0 Å². The lowest BCUT2D eigenvalue weighted by molar-refractivity contribution is 0.100. The van der Waals surface area contributed by atoms with Gasteiger partial charge in [-0.25, -0.2) is 0 Å². The van der Waals surface area contributed by atoms with Gasteiger partial charge in [0.25, 0.3) is 5.91 Å². The topological polar surface area (TPSA) is 111 Å². The lowest BCUT2D eigenvalue weighted by Crippen LogP contribution is -2.15. The minimum Gasteiger partial charge on any atom is -0.397 e. The molecule has 0 saturated carbocycles. The number of hydrogen-bond donors (Lipinski definition) is 3. The first-order chi connectivity index (χ1) is 9.50. The third-order valence-electron chi connectivity index (χ3n) is 2.71. The molecule has 0 unspecified atom stereocenters. The number of pyridine rings is 1. The number of primary amides is 1. The van der Waals surface area contributed by atoms with Crippen molar-refractivity contribution in [3.63, 3.8) is 0 Å². The molecule has 2 rings (SSSR count). The van der Waals surface area contributed by atoms with Gasteiger partial charge in [0, 0.05) is 25.9 Å². The maximum atomic E-state index is 11.5. The number of nitrogens with zero attached hydrogens (tertiary/aromatic N) is 1. The normalized spacial score (nSPS) is 10.2. The van der Waals surface area contributed by atoms with Crippen LogP contribution >= 0.6 is 11.3 Å². The monoisotopic (exact) mass is 290 g/mol. The van der Waals surface area contributed by atoms with Crippen LogP contribution < -0.4 is 16.8 Å². The van der Waals surface area contributed by atoms with Crippen LogP contribution in [0.3, 0.4) is 0 Å². The van der Waals surface area contributed by atoms with E-state index in [4.69, 9.17) is 11.5 Å². The summed E-state index contributed by atoms with van der Waals surface area (Å²) in [7, 11) is 0. The minimum absolute atomic E-state index is 0.146. The number of aromatic nitrogens is 1. The quantitative estimate of drug-likeness (QED) is 0.725. The fourth-order valence-corrected chi connectivity index (χ4v) is 2.77. The van der Waals surface area contributed by atoms with Gasteiger partial charge in [0.2, 0.25) is 0 Å². The molecule has 7 heteroatoms. The van der Waals surface area contributed by atoms with Crippen molar-refractivity contribution in [2.45, 2.75) is 13.5 Å². The van der Waals surface area contributed by atoms with Gasteiger partial charge in [-0.15, -0.1) is 11.3 Å². The fourth-order valence-electron chi connectivity index (χ4n) is 1.76. The molecule has 0 aliphatic heterocycles. The Morgan fingerprint density at radius 3 is 2.55 bits per heavy atom. The SMILES string of the molecule is CC(=O)c1sc(NCc2ccncc2)c(C(N)=O)c1N. The third-order valence-corrected chi connectivity index (χ3v) is 3.98. The Kier molecular flexibility index (Phi) is 3.99. The molecular weight excluding hydrogens is 276 g/mol. The average molecular weight is 290 g/mol. The molecule has 0 atom stereocenters. The molecular formula is C13H14N4O2S. The molecule has 2 heterocycles. The lowest BCUT2D eigenvalue weighted by Gasteiger charge is -2.05. The smallest absolute Gasteiger partial charge is 0.253 e. The van der Waals surface area contributed by atoms with E-state index in [1.807, 2.05) is 12.1 Å². The molecule has 0 saturated heterocycles. The predicted octanol–water partition coefficient (Wildman–Crippen LogP) is 1.64. The van der Waals surface area contributed by atoms with Gasteiger partial charge in [0.1, 0.15) is 5.00 Å². The molecule has 0 bridgehead atoms. The molecule has 0 aromatic carbocycles. The number of nitrogens with one attached hydrogen (secondary N) is 1. The summed E-state index contributed by atoms with van der Waals surface area (Å²) in [4.78, 5) is 27.2. The van der Waals surface area contributed by atoms with Gasteiger partial charge in [-0.05, 0) is 17.7 Å². The van der Waals surface area contributed by atoms with E-state index in [1.54, 1.807) is 12.4 Å². The van der Waals surface area contributed by atoms with Gasteiger partial charge < -0.3 is 16.8 Å². The zero-order valence-electron chi connectivity index (χ0n) is 10.8. The van der Waals surface area contributed by atoms with Crippen molar-refractivity contribution >= 4 is 33.7 Å². The fraction of sp³-hybridized carbons (Fsp3) is 0.154. The number of ketones is 1. The van der Waals surface area contributed by atoms with Crippen LogP contribution in [0.25, 0.3) is 0 Å². The number of amides is 1. The second kappa shape index (κ2) is 5.70. The summed E-state index contributed by atoms with van der Waals surface area (Å²) < 4.78 is 0. The van der Waals surface area contributed by atoms with Crippen LogP contribution in [-0.2, 0) is 6.54 Å². The number of Topliss-reactive ketones (excluding diaryl/α,β-unsaturated/α-hetero) is 1. The van der Waals surface area contributed by atoms with Crippen LogP contribution in [0.1, 0.15) is 32.5 Å². The number of carbonyl (C=O) groups is 2. The number of rotatable bonds is 5.